The summed E-state index contributed by atoms with van der Waals surface area (Å²) < 4.78 is 48.5. The lowest BCUT2D eigenvalue weighted by Crippen LogP contribution is -2.12. The minimum atomic E-state index is -4.34. The second kappa shape index (κ2) is 7.05. The molecule has 22 heavy (non-hydrogen) atoms. The van der Waals surface area contributed by atoms with Crippen LogP contribution in [0.4, 0.5) is 13.2 Å². The molecule has 0 radical (unpaired) electrons. The van der Waals surface area contributed by atoms with Crippen molar-refractivity contribution >= 4 is 15.9 Å². The van der Waals surface area contributed by atoms with Gasteiger partial charge < -0.3 is 9.47 Å². The molecule has 0 bridgehead atoms. The molecule has 0 fully saturated rings. The fraction of sp³-hybridized carbons (Fsp3) is 0.250. The van der Waals surface area contributed by atoms with Crippen LogP contribution < -0.4 is 9.47 Å². The summed E-state index contributed by atoms with van der Waals surface area (Å²) in [5.41, 5.74) is -0.702. The van der Waals surface area contributed by atoms with Crippen molar-refractivity contribution in [2.24, 2.45) is 0 Å². The van der Waals surface area contributed by atoms with E-state index >= 15 is 0 Å². The smallest absolute Gasteiger partial charge is 0.416 e. The van der Waals surface area contributed by atoms with Crippen LogP contribution in [-0.2, 0) is 6.18 Å². The monoisotopic (exact) mass is 374 g/mol. The molecule has 0 spiro atoms. The Bertz CT molecular complexity index is 594. The highest BCUT2D eigenvalue weighted by Gasteiger charge is 2.30. The molecular formula is C16H14BrF3O2. The first-order chi connectivity index (χ1) is 10.4. The predicted molar refractivity (Wildman–Crippen MR) is 81.8 cm³/mol. The zero-order valence-corrected chi connectivity index (χ0v) is 13.3. The molecule has 0 aliphatic carbocycles. The van der Waals surface area contributed by atoms with Gasteiger partial charge in [0, 0.05) is 5.33 Å². The van der Waals surface area contributed by atoms with Gasteiger partial charge in [-0.15, -0.1) is 0 Å². The lowest BCUT2D eigenvalue weighted by molar-refractivity contribution is -0.137. The Balaban J connectivity index is 2.02. The second-order valence-corrected chi connectivity index (χ2v) is 5.33. The molecule has 0 saturated carbocycles. The number of ether oxygens (including phenoxy) is 2. The third-order valence-electron chi connectivity index (χ3n) is 2.80. The number of halogens is 4. The molecule has 1 atom stereocenters. The van der Waals surface area contributed by atoms with Crippen LogP contribution in [0.15, 0.2) is 48.5 Å². The van der Waals surface area contributed by atoms with Crippen molar-refractivity contribution in [2.75, 3.05) is 5.33 Å². The summed E-state index contributed by atoms with van der Waals surface area (Å²) in [6, 6.07) is 11.5. The molecule has 0 saturated heterocycles. The van der Waals surface area contributed by atoms with E-state index in [-0.39, 0.29) is 6.10 Å². The van der Waals surface area contributed by atoms with Crippen LogP contribution in [0.25, 0.3) is 0 Å². The van der Waals surface area contributed by atoms with E-state index in [0.29, 0.717) is 17.2 Å². The zero-order valence-electron chi connectivity index (χ0n) is 11.7. The lowest BCUT2D eigenvalue weighted by Gasteiger charge is -2.12. The molecule has 1 unspecified atom stereocenters. The van der Waals surface area contributed by atoms with E-state index in [1.807, 2.05) is 6.92 Å². The van der Waals surface area contributed by atoms with Gasteiger partial charge in [-0.3, -0.25) is 0 Å². The number of hydrogen-bond donors (Lipinski definition) is 0. The van der Waals surface area contributed by atoms with Crippen LogP contribution in [-0.4, -0.2) is 11.4 Å². The number of hydrogen-bond acceptors (Lipinski definition) is 2. The largest absolute Gasteiger partial charge is 0.490 e. The maximum absolute atomic E-state index is 12.5. The fourth-order valence-electron chi connectivity index (χ4n) is 1.70. The molecular weight excluding hydrogens is 361 g/mol. The molecule has 0 N–H and O–H groups in total. The van der Waals surface area contributed by atoms with Crippen molar-refractivity contribution in [1.29, 1.82) is 0 Å². The normalized spacial score (nSPS) is 12.8. The van der Waals surface area contributed by atoms with Gasteiger partial charge in [0.25, 0.3) is 0 Å². The fourth-order valence-corrected chi connectivity index (χ4v) is 1.83. The average Bonchev–Trinajstić information content (AvgIpc) is 2.49. The van der Waals surface area contributed by atoms with Crippen molar-refractivity contribution in [3.8, 4) is 17.2 Å². The Morgan fingerprint density at radius 1 is 0.909 bits per heavy atom. The van der Waals surface area contributed by atoms with Crippen molar-refractivity contribution in [3.05, 3.63) is 54.1 Å². The molecule has 6 heteroatoms. The molecule has 0 aliphatic rings. The maximum Gasteiger partial charge on any atom is 0.416 e. The molecule has 2 rings (SSSR count). The maximum atomic E-state index is 12.5. The highest BCUT2D eigenvalue weighted by molar-refractivity contribution is 9.09. The van der Waals surface area contributed by atoms with E-state index in [9.17, 15) is 13.2 Å². The van der Waals surface area contributed by atoms with Gasteiger partial charge in [-0.05, 0) is 55.5 Å². The van der Waals surface area contributed by atoms with Crippen LogP contribution in [0.3, 0.4) is 0 Å². The number of alkyl halides is 4. The van der Waals surface area contributed by atoms with Gasteiger partial charge in [-0.2, -0.15) is 13.2 Å². The summed E-state index contributed by atoms with van der Waals surface area (Å²) in [5.74, 6) is 1.57. The molecule has 2 aromatic carbocycles. The van der Waals surface area contributed by atoms with Crippen LogP contribution in [0.2, 0.25) is 0 Å². The van der Waals surface area contributed by atoms with Crippen LogP contribution >= 0.6 is 15.9 Å². The summed E-state index contributed by atoms with van der Waals surface area (Å²) in [5, 5.41) is 0.719. The van der Waals surface area contributed by atoms with Gasteiger partial charge in [0.15, 0.2) is 0 Å². The summed E-state index contributed by atoms with van der Waals surface area (Å²) in [6.07, 6.45) is -4.30. The number of benzene rings is 2. The minimum absolute atomic E-state index is 0.0432. The van der Waals surface area contributed by atoms with Gasteiger partial charge in [-0.1, -0.05) is 15.9 Å². The third-order valence-corrected chi connectivity index (χ3v) is 3.71. The summed E-state index contributed by atoms with van der Waals surface area (Å²) in [7, 11) is 0. The van der Waals surface area contributed by atoms with Crippen molar-refractivity contribution < 1.29 is 22.6 Å². The molecule has 0 aliphatic heterocycles. The van der Waals surface area contributed by atoms with Crippen molar-refractivity contribution in [3.63, 3.8) is 0 Å². The van der Waals surface area contributed by atoms with E-state index in [2.05, 4.69) is 15.9 Å². The highest BCUT2D eigenvalue weighted by Crippen LogP contribution is 2.31. The third kappa shape index (κ3) is 4.66. The summed E-state index contributed by atoms with van der Waals surface area (Å²) >= 11 is 3.32. The molecule has 0 heterocycles. The molecule has 118 valence electrons. The minimum Gasteiger partial charge on any atom is -0.490 e. The standard InChI is InChI=1S/C16H14BrF3O2/c1-11(10-17)21-13-6-8-15(9-7-13)22-14-4-2-12(3-5-14)16(18,19)20/h2-9,11H,10H2,1H3. The molecule has 2 nitrogen and oxygen atoms in total. The van der Waals surface area contributed by atoms with Crippen LogP contribution in [0, 0.1) is 0 Å². The van der Waals surface area contributed by atoms with E-state index < -0.39 is 11.7 Å². The Kier molecular flexibility index (Phi) is 5.34. The first-order valence-electron chi connectivity index (χ1n) is 6.56. The first kappa shape index (κ1) is 16.7. The lowest BCUT2D eigenvalue weighted by atomic mass is 10.2. The summed E-state index contributed by atoms with van der Waals surface area (Å²) in [6.45, 7) is 1.93. The first-order valence-corrected chi connectivity index (χ1v) is 7.68. The zero-order chi connectivity index (χ0) is 16.2. The Labute approximate surface area is 135 Å². The SMILES string of the molecule is CC(CBr)Oc1ccc(Oc2ccc(C(F)(F)F)cc2)cc1. The predicted octanol–water partition coefficient (Wildman–Crippen LogP) is 5.66. The average molecular weight is 375 g/mol. The van der Waals surface area contributed by atoms with Crippen LogP contribution in [0.5, 0.6) is 17.2 Å². The van der Waals surface area contributed by atoms with Gasteiger partial charge >= 0.3 is 6.18 Å². The Morgan fingerprint density at radius 3 is 1.82 bits per heavy atom. The Morgan fingerprint density at radius 2 is 1.36 bits per heavy atom. The quantitative estimate of drug-likeness (QED) is 0.628. The second-order valence-electron chi connectivity index (χ2n) is 4.68. The highest BCUT2D eigenvalue weighted by atomic mass is 79.9. The van der Waals surface area contributed by atoms with Gasteiger partial charge in [-0.25, -0.2) is 0 Å². The number of rotatable bonds is 5. The van der Waals surface area contributed by atoms with E-state index in [4.69, 9.17) is 9.47 Å². The van der Waals surface area contributed by atoms with Gasteiger partial charge in [0.2, 0.25) is 0 Å². The topological polar surface area (TPSA) is 18.5 Å². The molecule has 0 aromatic heterocycles. The molecule has 0 amide bonds. The van der Waals surface area contributed by atoms with E-state index in [1.54, 1.807) is 24.3 Å². The van der Waals surface area contributed by atoms with Crippen LogP contribution in [0.1, 0.15) is 12.5 Å². The van der Waals surface area contributed by atoms with Crippen molar-refractivity contribution in [2.45, 2.75) is 19.2 Å². The molecule has 2 aromatic rings. The Hall–Kier alpha value is -1.69. The van der Waals surface area contributed by atoms with Gasteiger partial charge in [0.05, 0.1) is 5.56 Å². The summed E-state index contributed by atoms with van der Waals surface area (Å²) in [4.78, 5) is 0. The van der Waals surface area contributed by atoms with Gasteiger partial charge in [0.1, 0.15) is 23.4 Å². The van der Waals surface area contributed by atoms with E-state index in [1.165, 1.54) is 12.1 Å². The van der Waals surface area contributed by atoms with E-state index in [0.717, 1.165) is 17.5 Å². The van der Waals surface area contributed by atoms with Crippen molar-refractivity contribution in [1.82, 2.24) is 0 Å².